The van der Waals surface area contributed by atoms with E-state index in [4.69, 9.17) is 10.3 Å². The molecule has 3 N–H and O–H groups in total. The largest absolute Gasteiger partial charge is 0.480 e. The van der Waals surface area contributed by atoms with Crippen LogP contribution in [0, 0.1) is 0 Å². The number of carboxylic acid groups (broad SMARTS) is 1. The summed E-state index contributed by atoms with van der Waals surface area (Å²) in [6.07, 6.45) is 1.33. The van der Waals surface area contributed by atoms with Crippen molar-refractivity contribution in [2.24, 2.45) is 0 Å². The molecule has 0 aliphatic heterocycles. The molecular weight excluding hydrogens is 412 g/mol. The third-order valence-corrected chi connectivity index (χ3v) is 4.89. The van der Waals surface area contributed by atoms with Gasteiger partial charge in [0, 0.05) is 29.9 Å². The van der Waals surface area contributed by atoms with Crippen molar-refractivity contribution in [3.8, 4) is 5.75 Å². The van der Waals surface area contributed by atoms with E-state index in [9.17, 15) is 19.5 Å². The molecule has 0 bridgehead atoms. The molecule has 32 heavy (non-hydrogen) atoms. The fourth-order valence-electron chi connectivity index (χ4n) is 3.29. The quantitative estimate of drug-likeness (QED) is 0.241. The number of hydrogen-bond acceptors (Lipinski definition) is 4. The molecule has 9 nitrogen and oxygen atoms in total. The molecule has 0 aliphatic carbocycles. The van der Waals surface area contributed by atoms with E-state index in [1.54, 1.807) is 30.5 Å². The van der Waals surface area contributed by atoms with Gasteiger partial charge in [-0.1, -0.05) is 36.4 Å². The van der Waals surface area contributed by atoms with Gasteiger partial charge in [0.1, 0.15) is 11.8 Å². The molecule has 3 aromatic rings. The summed E-state index contributed by atoms with van der Waals surface area (Å²) in [5, 5.41) is 12.9. The third kappa shape index (κ3) is 5.90. The molecule has 2 aromatic carbocycles. The number of aliphatic carboxylic acids is 1. The molecule has 0 radical (unpaired) electrons. The first-order valence-electron chi connectivity index (χ1n) is 9.98. The van der Waals surface area contributed by atoms with Crippen LogP contribution < -0.4 is 10.1 Å². The highest BCUT2D eigenvalue weighted by molar-refractivity contribution is 6.25. The summed E-state index contributed by atoms with van der Waals surface area (Å²) >= 11 is 0. The van der Waals surface area contributed by atoms with E-state index in [-0.39, 0.29) is 19.3 Å². The summed E-state index contributed by atoms with van der Waals surface area (Å²) in [4.78, 5) is 42.0. The third-order valence-electron chi connectivity index (χ3n) is 4.89. The number of rotatable bonds is 11. The van der Waals surface area contributed by atoms with E-state index in [2.05, 4.69) is 15.1 Å². The number of fused-ring (bicyclic) bond motifs is 1. The Balaban J connectivity index is 1.79. The highest BCUT2D eigenvalue weighted by atomic mass is 16.5. The number of benzene rings is 2. The first kappa shape index (κ1) is 22.5. The van der Waals surface area contributed by atoms with Crippen molar-refractivity contribution in [1.82, 2.24) is 10.3 Å². The fraction of sp³-hybridized carbons (Fsp3) is 0.217. The molecule has 1 amide bonds. The molecular formula is C23H22N4O5. The Kier molecular flexibility index (Phi) is 7.51. The second-order valence-electron chi connectivity index (χ2n) is 7.13. The van der Waals surface area contributed by atoms with Crippen molar-refractivity contribution in [2.45, 2.75) is 31.4 Å². The van der Waals surface area contributed by atoms with Gasteiger partial charge in [-0.05, 0) is 30.2 Å². The summed E-state index contributed by atoms with van der Waals surface area (Å²) in [6.45, 7) is 0. The van der Waals surface area contributed by atoms with Crippen LogP contribution in [0.3, 0.4) is 0 Å². The Morgan fingerprint density at radius 1 is 1.12 bits per heavy atom. The van der Waals surface area contributed by atoms with E-state index in [0.717, 1.165) is 16.5 Å². The van der Waals surface area contributed by atoms with Crippen molar-refractivity contribution in [2.75, 3.05) is 0 Å². The zero-order valence-corrected chi connectivity index (χ0v) is 17.1. The van der Waals surface area contributed by atoms with Crippen LogP contribution in [0.25, 0.3) is 16.4 Å². The molecule has 9 heteroatoms. The Morgan fingerprint density at radius 3 is 2.56 bits per heavy atom. The maximum Gasteiger partial charge on any atom is 0.326 e. The van der Waals surface area contributed by atoms with Gasteiger partial charge in [0.15, 0.2) is 6.10 Å². The summed E-state index contributed by atoms with van der Waals surface area (Å²) in [5.74, 6) is -1.98. The number of amides is 1. The number of nitrogens with one attached hydrogen (secondary N) is 2. The molecule has 0 spiro atoms. The molecule has 1 heterocycles. The molecule has 164 valence electrons. The van der Waals surface area contributed by atoms with Gasteiger partial charge in [0.2, 0.25) is 5.78 Å². The van der Waals surface area contributed by atoms with Gasteiger partial charge in [-0.15, -0.1) is 0 Å². The van der Waals surface area contributed by atoms with Crippen molar-refractivity contribution in [3.05, 3.63) is 71.9 Å². The number of carboxylic acids is 1. The van der Waals surface area contributed by atoms with Gasteiger partial charge < -0.3 is 25.7 Å². The highest BCUT2D eigenvalue weighted by Gasteiger charge is 2.28. The number of aromatic nitrogens is 1. The van der Waals surface area contributed by atoms with Crippen LogP contribution in [0.5, 0.6) is 5.75 Å². The van der Waals surface area contributed by atoms with Crippen LogP contribution in [0.2, 0.25) is 0 Å². The fourth-order valence-corrected chi connectivity index (χ4v) is 3.29. The number of para-hydroxylation sites is 2. The predicted molar refractivity (Wildman–Crippen MR) is 116 cm³/mol. The van der Waals surface area contributed by atoms with E-state index in [0.29, 0.717) is 12.0 Å². The lowest BCUT2D eigenvalue weighted by molar-refractivity contribution is -0.143. The maximum absolute atomic E-state index is 13.0. The number of aromatic amines is 1. The van der Waals surface area contributed by atoms with Gasteiger partial charge in [0.25, 0.3) is 5.91 Å². The second kappa shape index (κ2) is 10.7. The van der Waals surface area contributed by atoms with E-state index < -0.39 is 29.8 Å². The van der Waals surface area contributed by atoms with Gasteiger partial charge in [-0.3, -0.25) is 9.59 Å². The monoisotopic (exact) mass is 434 g/mol. The van der Waals surface area contributed by atoms with E-state index >= 15 is 0 Å². The normalized spacial score (nSPS) is 12.4. The van der Waals surface area contributed by atoms with Gasteiger partial charge in [0.05, 0.1) is 0 Å². The highest BCUT2D eigenvalue weighted by Crippen LogP contribution is 2.21. The van der Waals surface area contributed by atoms with E-state index in [1.807, 2.05) is 30.3 Å². The predicted octanol–water partition coefficient (Wildman–Crippen LogP) is 2.38. The van der Waals surface area contributed by atoms with Gasteiger partial charge in [-0.25, -0.2) is 4.79 Å². The average Bonchev–Trinajstić information content (AvgIpc) is 3.19. The standard InChI is InChI=1S/C23H22N4O5/c24-26-14-16(28)10-11-20(23(30)31)27-22(29)21(32-17-6-2-1-3-7-17)12-15-13-25-19-9-5-4-8-18(15)19/h1-9,13-14,20-21,25H,10-12H2,(H,27,29)(H,30,31). The lowest BCUT2D eigenvalue weighted by Gasteiger charge is -2.21. The molecule has 0 saturated carbocycles. The van der Waals surface area contributed by atoms with Crippen LogP contribution in [0.15, 0.2) is 60.8 Å². The van der Waals surface area contributed by atoms with Gasteiger partial charge in [-0.2, -0.15) is 4.79 Å². The minimum absolute atomic E-state index is 0.156. The number of ether oxygens (including phenoxy) is 1. The molecule has 0 saturated heterocycles. The van der Waals surface area contributed by atoms with Crippen molar-refractivity contribution in [1.29, 1.82) is 0 Å². The SMILES string of the molecule is [N-]=[N+]=CC(=O)CCC(NC(=O)C(Cc1c[nH]c2ccccc12)Oc1ccccc1)C(=O)O. The molecule has 0 aliphatic rings. The van der Waals surface area contributed by atoms with Crippen LogP contribution in [-0.4, -0.2) is 50.9 Å². The number of carbonyl (C=O) groups is 3. The number of ketones is 1. The van der Waals surface area contributed by atoms with Gasteiger partial charge >= 0.3 is 12.2 Å². The molecule has 2 atom stereocenters. The molecule has 1 aromatic heterocycles. The van der Waals surface area contributed by atoms with Crippen LogP contribution in [0.1, 0.15) is 18.4 Å². The van der Waals surface area contributed by atoms with Crippen molar-refractivity contribution >= 4 is 34.8 Å². The van der Waals surface area contributed by atoms with Crippen molar-refractivity contribution in [3.63, 3.8) is 0 Å². The van der Waals surface area contributed by atoms with Crippen LogP contribution >= 0.6 is 0 Å². The molecule has 2 unspecified atom stereocenters. The Labute approximate surface area is 183 Å². The lowest BCUT2D eigenvalue weighted by Crippen LogP contribution is -2.48. The average molecular weight is 434 g/mol. The van der Waals surface area contributed by atoms with Crippen molar-refractivity contribution < 1.29 is 29.0 Å². The number of Topliss-reactive ketones (excluding diaryl/α,β-unsaturated/α-hetero) is 1. The zero-order valence-electron chi connectivity index (χ0n) is 17.1. The Morgan fingerprint density at radius 2 is 1.84 bits per heavy atom. The Bertz CT molecular complexity index is 1150. The summed E-state index contributed by atoms with van der Waals surface area (Å²) in [5.41, 5.74) is 10.2. The van der Waals surface area contributed by atoms with Crippen LogP contribution in [-0.2, 0) is 20.8 Å². The summed E-state index contributed by atoms with van der Waals surface area (Å²) < 4.78 is 5.90. The molecule has 3 rings (SSSR count). The number of nitrogens with zero attached hydrogens (tertiary/aromatic N) is 2. The maximum atomic E-state index is 13.0. The van der Waals surface area contributed by atoms with E-state index in [1.165, 1.54) is 0 Å². The minimum atomic E-state index is -1.30. The first-order valence-corrected chi connectivity index (χ1v) is 9.98. The smallest absolute Gasteiger partial charge is 0.326 e. The summed E-state index contributed by atoms with van der Waals surface area (Å²) in [6, 6.07) is 15.1. The summed E-state index contributed by atoms with van der Waals surface area (Å²) in [7, 11) is 0. The first-order chi connectivity index (χ1) is 15.5. The number of hydrogen-bond donors (Lipinski definition) is 3. The Hall–Kier alpha value is -4.23. The molecule has 0 fully saturated rings. The van der Waals surface area contributed by atoms with Crippen LogP contribution in [0.4, 0.5) is 0 Å². The minimum Gasteiger partial charge on any atom is -0.480 e. The topological polar surface area (TPSA) is 145 Å². The number of carbonyl (C=O) groups excluding carboxylic acids is 2. The number of H-pyrrole nitrogens is 1. The second-order valence-corrected chi connectivity index (χ2v) is 7.13. The zero-order chi connectivity index (χ0) is 22.9. The lowest BCUT2D eigenvalue weighted by atomic mass is 10.0.